The summed E-state index contributed by atoms with van der Waals surface area (Å²) in [7, 11) is 0. The molecule has 0 radical (unpaired) electrons. The molecule has 0 aliphatic heterocycles. The summed E-state index contributed by atoms with van der Waals surface area (Å²) in [5, 5.41) is 8.91. The number of hydrogen-bond acceptors (Lipinski definition) is 2. The van der Waals surface area contributed by atoms with Gasteiger partial charge in [0, 0.05) is 6.20 Å². The van der Waals surface area contributed by atoms with Gasteiger partial charge in [-0.15, -0.1) is 0 Å². The van der Waals surface area contributed by atoms with Crippen molar-refractivity contribution < 1.29 is 0 Å². The van der Waals surface area contributed by atoms with Crippen LogP contribution in [0.15, 0.2) is 42.7 Å². The van der Waals surface area contributed by atoms with E-state index in [4.69, 9.17) is 5.26 Å². The van der Waals surface area contributed by atoms with Crippen molar-refractivity contribution in [3.63, 3.8) is 0 Å². The SMILES string of the molecule is N#Cc1ccn2c1cnc1ccccc12. The summed E-state index contributed by atoms with van der Waals surface area (Å²) in [6, 6.07) is 11.8. The van der Waals surface area contributed by atoms with E-state index < -0.39 is 0 Å². The summed E-state index contributed by atoms with van der Waals surface area (Å²) in [6.07, 6.45) is 3.64. The van der Waals surface area contributed by atoms with Crippen LogP contribution in [0.3, 0.4) is 0 Å². The van der Waals surface area contributed by atoms with E-state index in [0.29, 0.717) is 5.56 Å². The normalized spacial score (nSPS) is 10.6. The average molecular weight is 193 g/mol. The molecule has 0 N–H and O–H groups in total. The maximum absolute atomic E-state index is 8.91. The third-order valence-electron chi connectivity index (χ3n) is 2.51. The van der Waals surface area contributed by atoms with Crippen molar-refractivity contribution in [2.45, 2.75) is 0 Å². The van der Waals surface area contributed by atoms with Gasteiger partial charge in [0.2, 0.25) is 0 Å². The van der Waals surface area contributed by atoms with Gasteiger partial charge in [0.15, 0.2) is 0 Å². The van der Waals surface area contributed by atoms with E-state index in [1.54, 1.807) is 6.20 Å². The first-order valence-corrected chi connectivity index (χ1v) is 4.65. The standard InChI is InChI=1S/C12H7N3/c13-7-9-5-6-15-11-4-2-1-3-10(11)14-8-12(9)15/h1-6,8H. The smallest absolute Gasteiger partial charge is 0.101 e. The lowest BCUT2D eigenvalue weighted by atomic mass is 10.3. The van der Waals surface area contributed by atoms with Crippen molar-refractivity contribution >= 4 is 16.6 Å². The Morgan fingerprint density at radius 1 is 1.13 bits per heavy atom. The van der Waals surface area contributed by atoms with Gasteiger partial charge in [0.05, 0.1) is 28.3 Å². The molecule has 15 heavy (non-hydrogen) atoms. The summed E-state index contributed by atoms with van der Waals surface area (Å²) in [6.45, 7) is 0. The molecule has 1 aromatic carbocycles. The number of para-hydroxylation sites is 2. The van der Waals surface area contributed by atoms with Crippen molar-refractivity contribution in [1.82, 2.24) is 9.38 Å². The second kappa shape index (κ2) is 2.82. The fraction of sp³-hybridized carbons (Fsp3) is 0. The lowest BCUT2D eigenvalue weighted by Crippen LogP contribution is -1.89. The van der Waals surface area contributed by atoms with Crippen LogP contribution in [0.5, 0.6) is 0 Å². The van der Waals surface area contributed by atoms with E-state index in [0.717, 1.165) is 16.6 Å². The highest BCUT2D eigenvalue weighted by molar-refractivity contribution is 5.79. The van der Waals surface area contributed by atoms with Crippen LogP contribution in [0.1, 0.15) is 5.56 Å². The molecular formula is C12H7N3. The third-order valence-corrected chi connectivity index (χ3v) is 2.51. The van der Waals surface area contributed by atoms with Crippen LogP contribution < -0.4 is 0 Å². The fourth-order valence-corrected chi connectivity index (χ4v) is 1.79. The third kappa shape index (κ3) is 1.02. The second-order valence-corrected chi connectivity index (χ2v) is 3.34. The van der Waals surface area contributed by atoms with E-state index in [1.807, 2.05) is 40.9 Å². The van der Waals surface area contributed by atoms with Crippen LogP contribution in [0.2, 0.25) is 0 Å². The van der Waals surface area contributed by atoms with Crippen LogP contribution in [0, 0.1) is 11.3 Å². The predicted octanol–water partition coefficient (Wildman–Crippen LogP) is 2.36. The molecule has 0 spiro atoms. The molecular weight excluding hydrogens is 186 g/mol. The average Bonchev–Trinajstić information content (AvgIpc) is 2.72. The minimum Gasteiger partial charge on any atom is -0.312 e. The van der Waals surface area contributed by atoms with Gasteiger partial charge >= 0.3 is 0 Å². The summed E-state index contributed by atoms with van der Waals surface area (Å²) < 4.78 is 1.99. The van der Waals surface area contributed by atoms with Gasteiger partial charge in [-0.3, -0.25) is 4.98 Å². The van der Waals surface area contributed by atoms with E-state index >= 15 is 0 Å². The van der Waals surface area contributed by atoms with E-state index in [9.17, 15) is 0 Å². The van der Waals surface area contributed by atoms with Gasteiger partial charge in [0.25, 0.3) is 0 Å². The molecule has 0 aliphatic rings. The van der Waals surface area contributed by atoms with Crippen LogP contribution in [0.25, 0.3) is 16.6 Å². The Bertz CT molecular complexity index is 689. The molecule has 2 aromatic heterocycles. The first-order valence-electron chi connectivity index (χ1n) is 4.65. The van der Waals surface area contributed by atoms with Gasteiger partial charge in [-0.25, -0.2) is 0 Å². The molecule has 3 heteroatoms. The Balaban J connectivity index is 2.57. The molecule has 0 aliphatic carbocycles. The van der Waals surface area contributed by atoms with E-state index in [-0.39, 0.29) is 0 Å². The van der Waals surface area contributed by atoms with Gasteiger partial charge in [-0.05, 0) is 18.2 Å². The molecule has 3 rings (SSSR count). The zero-order chi connectivity index (χ0) is 10.3. The lowest BCUT2D eigenvalue weighted by molar-refractivity contribution is 1.23. The Labute approximate surface area is 86.2 Å². The molecule has 0 amide bonds. The zero-order valence-electron chi connectivity index (χ0n) is 7.88. The number of benzene rings is 1. The highest BCUT2D eigenvalue weighted by Crippen LogP contribution is 2.17. The Morgan fingerprint density at radius 2 is 2.00 bits per heavy atom. The fourth-order valence-electron chi connectivity index (χ4n) is 1.79. The second-order valence-electron chi connectivity index (χ2n) is 3.34. The van der Waals surface area contributed by atoms with Crippen molar-refractivity contribution in [2.75, 3.05) is 0 Å². The Hall–Kier alpha value is -2.34. The van der Waals surface area contributed by atoms with Crippen LogP contribution >= 0.6 is 0 Å². The number of nitrogens with zero attached hydrogens (tertiary/aromatic N) is 3. The molecule has 0 atom stereocenters. The van der Waals surface area contributed by atoms with E-state index in [1.165, 1.54) is 0 Å². The summed E-state index contributed by atoms with van der Waals surface area (Å²) >= 11 is 0. The minimum absolute atomic E-state index is 0.660. The minimum atomic E-state index is 0.660. The number of rotatable bonds is 0. The lowest BCUT2D eigenvalue weighted by Gasteiger charge is -2.00. The number of fused-ring (bicyclic) bond motifs is 3. The maximum atomic E-state index is 8.91. The summed E-state index contributed by atoms with van der Waals surface area (Å²) in [5.41, 5.74) is 3.48. The molecule has 0 bridgehead atoms. The molecule has 70 valence electrons. The highest BCUT2D eigenvalue weighted by Gasteiger charge is 2.04. The van der Waals surface area contributed by atoms with Crippen LogP contribution in [0.4, 0.5) is 0 Å². The first-order chi connectivity index (χ1) is 7.40. The molecule has 0 fully saturated rings. The van der Waals surface area contributed by atoms with Gasteiger partial charge in [-0.2, -0.15) is 5.26 Å². The van der Waals surface area contributed by atoms with Gasteiger partial charge < -0.3 is 4.40 Å². The monoisotopic (exact) mass is 193 g/mol. The highest BCUT2D eigenvalue weighted by atomic mass is 14.9. The Kier molecular flexibility index (Phi) is 1.51. The maximum Gasteiger partial charge on any atom is 0.101 e. The van der Waals surface area contributed by atoms with E-state index in [2.05, 4.69) is 11.1 Å². The summed E-state index contributed by atoms with van der Waals surface area (Å²) in [4.78, 5) is 4.32. The van der Waals surface area contributed by atoms with Crippen molar-refractivity contribution in [3.05, 3.63) is 48.3 Å². The van der Waals surface area contributed by atoms with Crippen molar-refractivity contribution in [3.8, 4) is 6.07 Å². The predicted molar refractivity (Wildman–Crippen MR) is 57.4 cm³/mol. The summed E-state index contributed by atoms with van der Waals surface area (Å²) in [5.74, 6) is 0. The number of aromatic nitrogens is 2. The molecule has 3 nitrogen and oxygen atoms in total. The molecule has 2 heterocycles. The Morgan fingerprint density at radius 3 is 2.87 bits per heavy atom. The molecule has 3 aromatic rings. The molecule has 0 unspecified atom stereocenters. The molecule has 0 saturated heterocycles. The number of hydrogen-bond donors (Lipinski definition) is 0. The van der Waals surface area contributed by atoms with Gasteiger partial charge in [-0.1, -0.05) is 12.1 Å². The van der Waals surface area contributed by atoms with Gasteiger partial charge in [0.1, 0.15) is 6.07 Å². The van der Waals surface area contributed by atoms with Crippen LogP contribution in [-0.4, -0.2) is 9.38 Å². The number of nitriles is 1. The van der Waals surface area contributed by atoms with Crippen molar-refractivity contribution in [2.24, 2.45) is 0 Å². The van der Waals surface area contributed by atoms with Crippen LogP contribution in [-0.2, 0) is 0 Å². The topological polar surface area (TPSA) is 41.1 Å². The zero-order valence-corrected chi connectivity index (χ0v) is 7.88. The van der Waals surface area contributed by atoms with Crippen molar-refractivity contribution in [1.29, 1.82) is 5.26 Å². The largest absolute Gasteiger partial charge is 0.312 e. The first kappa shape index (κ1) is 8.01. The molecule has 0 saturated carbocycles. The quantitative estimate of drug-likeness (QED) is 0.550.